The predicted octanol–water partition coefficient (Wildman–Crippen LogP) is 2.57. The third-order valence-corrected chi connectivity index (χ3v) is 4.32. The summed E-state index contributed by atoms with van der Waals surface area (Å²) in [6.07, 6.45) is 2.72. The van der Waals surface area contributed by atoms with E-state index in [4.69, 9.17) is 9.47 Å². The second-order valence-corrected chi connectivity index (χ2v) is 5.73. The second kappa shape index (κ2) is 7.59. The van der Waals surface area contributed by atoms with Crippen LogP contribution in [0.2, 0.25) is 0 Å². The lowest BCUT2D eigenvalue weighted by atomic mass is 10.1. The predicted molar refractivity (Wildman–Crippen MR) is 79.4 cm³/mol. The number of hydrogen-bond donors (Lipinski definition) is 1. The molecule has 2 rings (SSSR count). The van der Waals surface area contributed by atoms with Gasteiger partial charge in [-0.3, -0.25) is 4.79 Å². The molecule has 1 heterocycles. The zero-order valence-corrected chi connectivity index (χ0v) is 12.9. The molecule has 0 aliphatic heterocycles. The van der Waals surface area contributed by atoms with E-state index in [1.54, 1.807) is 11.3 Å². The molecule has 6 heteroatoms. The number of ether oxygens (including phenoxy) is 2. The molecule has 1 unspecified atom stereocenters. The highest BCUT2D eigenvalue weighted by Crippen LogP contribution is 2.38. The third-order valence-electron chi connectivity index (χ3n) is 3.23. The van der Waals surface area contributed by atoms with E-state index in [9.17, 15) is 4.79 Å². The first kappa shape index (κ1) is 15.3. The Kier molecular flexibility index (Phi) is 5.79. The molecule has 0 aromatic carbocycles. The van der Waals surface area contributed by atoms with Gasteiger partial charge >= 0.3 is 5.97 Å². The van der Waals surface area contributed by atoms with E-state index in [2.05, 4.69) is 10.3 Å². The number of carbonyl (C=O) groups excluding carboxylic acids is 1. The molecular formula is C14H22N2O3S. The van der Waals surface area contributed by atoms with Gasteiger partial charge in [-0.25, -0.2) is 4.98 Å². The van der Waals surface area contributed by atoms with Gasteiger partial charge in [0.15, 0.2) is 5.13 Å². The Bertz CT molecular complexity index is 448. The molecule has 112 valence electrons. The van der Waals surface area contributed by atoms with Crippen molar-refractivity contribution < 1.29 is 14.3 Å². The molecule has 0 saturated heterocycles. The quantitative estimate of drug-likeness (QED) is 0.590. The number of fused-ring (bicyclic) bond motifs is 1. The lowest BCUT2D eigenvalue weighted by Gasteiger charge is -2.08. The van der Waals surface area contributed by atoms with E-state index in [1.807, 2.05) is 13.8 Å². The van der Waals surface area contributed by atoms with Crippen molar-refractivity contribution in [2.24, 2.45) is 0 Å². The number of nitrogens with zero attached hydrogens (tertiary/aromatic N) is 1. The smallest absolute Gasteiger partial charge is 0.315 e. The number of aryl methyl sites for hydroxylation is 1. The molecular weight excluding hydrogens is 276 g/mol. The minimum atomic E-state index is -0.167. The van der Waals surface area contributed by atoms with Crippen molar-refractivity contribution in [3.63, 3.8) is 0 Å². The molecule has 20 heavy (non-hydrogen) atoms. The molecule has 0 fully saturated rings. The van der Waals surface area contributed by atoms with Gasteiger partial charge in [0.2, 0.25) is 0 Å². The first-order chi connectivity index (χ1) is 9.76. The Morgan fingerprint density at radius 1 is 1.45 bits per heavy atom. The number of carbonyl (C=O) groups is 1. The van der Waals surface area contributed by atoms with E-state index in [1.165, 1.54) is 4.88 Å². The topological polar surface area (TPSA) is 60.5 Å². The summed E-state index contributed by atoms with van der Waals surface area (Å²) in [6, 6.07) is 0. The SMILES string of the molecule is CCOCCCNc1nc2c(s1)CCC2C(=O)OCC. The van der Waals surface area contributed by atoms with E-state index >= 15 is 0 Å². The summed E-state index contributed by atoms with van der Waals surface area (Å²) >= 11 is 1.65. The summed E-state index contributed by atoms with van der Waals surface area (Å²) in [5.41, 5.74) is 0.917. The highest BCUT2D eigenvalue weighted by molar-refractivity contribution is 7.15. The van der Waals surface area contributed by atoms with Gasteiger partial charge in [-0.15, -0.1) is 11.3 Å². The summed E-state index contributed by atoms with van der Waals surface area (Å²) in [5, 5.41) is 4.20. The van der Waals surface area contributed by atoms with Crippen molar-refractivity contribution in [1.29, 1.82) is 0 Å². The summed E-state index contributed by atoms with van der Waals surface area (Å²) in [6.45, 7) is 6.62. The third kappa shape index (κ3) is 3.70. The summed E-state index contributed by atoms with van der Waals surface area (Å²) in [4.78, 5) is 17.6. The minimum absolute atomic E-state index is 0.139. The fraction of sp³-hybridized carbons (Fsp3) is 0.714. The van der Waals surface area contributed by atoms with Gasteiger partial charge in [-0.1, -0.05) is 0 Å². The maximum Gasteiger partial charge on any atom is 0.315 e. The van der Waals surface area contributed by atoms with Crippen LogP contribution in [0.5, 0.6) is 0 Å². The molecule has 1 aromatic heterocycles. The lowest BCUT2D eigenvalue weighted by Crippen LogP contribution is -2.14. The average Bonchev–Trinajstić information content (AvgIpc) is 2.98. The maximum atomic E-state index is 11.9. The average molecular weight is 298 g/mol. The number of esters is 1. The van der Waals surface area contributed by atoms with Crippen LogP contribution in [0.1, 0.15) is 43.2 Å². The van der Waals surface area contributed by atoms with Gasteiger partial charge in [-0.05, 0) is 33.1 Å². The van der Waals surface area contributed by atoms with Crippen LogP contribution < -0.4 is 5.32 Å². The number of aromatic nitrogens is 1. The zero-order valence-electron chi connectivity index (χ0n) is 12.1. The molecule has 1 aliphatic rings. The Balaban J connectivity index is 1.86. The van der Waals surface area contributed by atoms with Crippen molar-refractivity contribution in [3.8, 4) is 0 Å². The zero-order chi connectivity index (χ0) is 14.4. The van der Waals surface area contributed by atoms with Crippen molar-refractivity contribution in [2.45, 2.75) is 39.0 Å². The van der Waals surface area contributed by atoms with Gasteiger partial charge < -0.3 is 14.8 Å². The number of nitrogens with one attached hydrogen (secondary N) is 1. The summed E-state index contributed by atoms with van der Waals surface area (Å²) in [5.74, 6) is -0.306. The molecule has 0 bridgehead atoms. The molecule has 1 atom stereocenters. The summed E-state index contributed by atoms with van der Waals surface area (Å²) < 4.78 is 10.4. The highest BCUT2D eigenvalue weighted by atomic mass is 32.1. The largest absolute Gasteiger partial charge is 0.465 e. The van der Waals surface area contributed by atoms with Gasteiger partial charge in [0.1, 0.15) is 5.92 Å². The van der Waals surface area contributed by atoms with Crippen molar-refractivity contribution in [1.82, 2.24) is 4.98 Å². The van der Waals surface area contributed by atoms with Gasteiger partial charge in [0, 0.05) is 24.6 Å². The van der Waals surface area contributed by atoms with Gasteiger partial charge in [-0.2, -0.15) is 0 Å². The standard InChI is InChI=1S/C14H22N2O3S/c1-3-18-9-5-8-15-14-16-12-10(13(17)19-4-2)6-7-11(12)20-14/h10H,3-9H2,1-2H3,(H,15,16). The Morgan fingerprint density at radius 2 is 2.30 bits per heavy atom. The first-order valence-electron chi connectivity index (χ1n) is 7.24. The van der Waals surface area contributed by atoms with Crippen LogP contribution in [0, 0.1) is 0 Å². The molecule has 1 aliphatic carbocycles. The van der Waals surface area contributed by atoms with Gasteiger partial charge in [0.25, 0.3) is 0 Å². The van der Waals surface area contributed by atoms with Crippen LogP contribution in [0.25, 0.3) is 0 Å². The Labute approximate surface area is 123 Å². The van der Waals surface area contributed by atoms with Crippen LogP contribution in [0.4, 0.5) is 5.13 Å². The lowest BCUT2D eigenvalue weighted by molar-refractivity contribution is -0.145. The van der Waals surface area contributed by atoms with Crippen LogP contribution in [0.15, 0.2) is 0 Å². The molecule has 1 aromatic rings. The molecule has 5 nitrogen and oxygen atoms in total. The molecule has 0 radical (unpaired) electrons. The van der Waals surface area contributed by atoms with E-state index in [0.717, 1.165) is 49.8 Å². The van der Waals surface area contributed by atoms with E-state index < -0.39 is 0 Å². The number of hydrogen-bond acceptors (Lipinski definition) is 6. The first-order valence-corrected chi connectivity index (χ1v) is 8.05. The number of rotatable bonds is 8. The van der Waals surface area contributed by atoms with E-state index in [-0.39, 0.29) is 11.9 Å². The second-order valence-electron chi connectivity index (χ2n) is 4.65. The number of anilines is 1. The number of thiazole rings is 1. The molecule has 0 amide bonds. The maximum absolute atomic E-state index is 11.9. The van der Waals surface area contributed by atoms with Crippen LogP contribution in [-0.2, 0) is 20.7 Å². The monoisotopic (exact) mass is 298 g/mol. The Morgan fingerprint density at radius 3 is 3.05 bits per heavy atom. The minimum Gasteiger partial charge on any atom is -0.465 e. The molecule has 0 spiro atoms. The van der Waals surface area contributed by atoms with E-state index in [0.29, 0.717) is 6.61 Å². The fourth-order valence-electron chi connectivity index (χ4n) is 2.29. The molecule has 1 N–H and O–H groups in total. The summed E-state index contributed by atoms with van der Waals surface area (Å²) in [7, 11) is 0. The van der Waals surface area contributed by atoms with Crippen LogP contribution >= 0.6 is 11.3 Å². The molecule has 0 saturated carbocycles. The Hall–Kier alpha value is -1.14. The van der Waals surface area contributed by atoms with Crippen molar-refractivity contribution >= 4 is 22.4 Å². The van der Waals surface area contributed by atoms with Crippen LogP contribution in [0.3, 0.4) is 0 Å². The van der Waals surface area contributed by atoms with Gasteiger partial charge in [0.05, 0.1) is 12.3 Å². The fourth-order valence-corrected chi connectivity index (χ4v) is 3.35. The normalized spacial score (nSPS) is 17.0. The van der Waals surface area contributed by atoms with Crippen molar-refractivity contribution in [2.75, 3.05) is 31.7 Å². The highest BCUT2D eigenvalue weighted by Gasteiger charge is 2.33. The van der Waals surface area contributed by atoms with Crippen molar-refractivity contribution in [3.05, 3.63) is 10.6 Å². The van der Waals surface area contributed by atoms with Crippen LogP contribution in [-0.4, -0.2) is 37.3 Å².